The van der Waals surface area contributed by atoms with Crippen molar-refractivity contribution < 1.29 is 22.7 Å². The highest BCUT2D eigenvalue weighted by molar-refractivity contribution is 7.85. The summed E-state index contributed by atoms with van der Waals surface area (Å²) in [4.78, 5) is 12.4. The monoisotopic (exact) mass is 292 g/mol. The lowest BCUT2D eigenvalue weighted by Crippen LogP contribution is -3.16. The van der Waals surface area contributed by atoms with Crippen LogP contribution in [0.4, 0.5) is 0 Å². The van der Waals surface area contributed by atoms with E-state index < -0.39 is 10.1 Å². The molecule has 0 aliphatic carbocycles. The summed E-state index contributed by atoms with van der Waals surface area (Å²) >= 11 is 0. The number of rotatable bonds is 9. The van der Waals surface area contributed by atoms with Gasteiger partial charge in [-0.2, -0.15) is 0 Å². The van der Waals surface area contributed by atoms with E-state index in [1.807, 2.05) is 20.8 Å². The largest absolute Gasteiger partial charge is 0.748 e. The third-order valence-electron chi connectivity index (χ3n) is 3.30. The number of likely N-dealkylation sites (N-methyl/N-ethyl adjacent to an activating group) is 1. The minimum absolute atomic E-state index is 0.0516. The van der Waals surface area contributed by atoms with E-state index in [4.69, 9.17) is 0 Å². The van der Waals surface area contributed by atoms with Crippen LogP contribution in [0.3, 0.4) is 0 Å². The Morgan fingerprint density at radius 2 is 2.05 bits per heavy atom. The second-order valence-corrected chi connectivity index (χ2v) is 6.19. The summed E-state index contributed by atoms with van der Waals surface area (Å²) in [6.45, 7) is 10.7. The molecule has 0 aliphatic heterocycles. The molecule has 6 nitrogen and oxygen atoms in total. The summed E-state index contributed by atoms with van der Waals surface area (Å²) in [7, 11) is -4.14. The van der Waals surface area contributed by atoms with E-state index in [1.54, 1.807) is 0 Å². The van der Waals surface area contributed by atoms with E-state index in [-0.39, 0.29) is 23.7 Å². The molecule has 1 amide bonds. The first-order valence-electron chi connectivity index (χ1n) is 6.42. The molecule has 0 radical (unpaired) electrons. The lowest BCUT2D eigenvalue weighted by molar-refractivity contribution is -0.923. The Bertz CT molecular complexity index is 395. The van der Waals surface area contributed by atoms with Gasteiger partial charge in [0.1, 0.15) is 6.04 Å². The molecule has 0 aromatic heterocycles. The average molecular weight is 292 g/mol. The van der Waals surface area contributed by atoms with Gasteiger partial charge in [0.05, 0.1) is 29.2 Å². The zero-order chi connectivity index (χ0) is 15.1. The summed E-state index contributed by atoms with van der Waals surface area (Å²) in [5.41, 5.74) is 0. The van der Waals surface area contributed by atoms with Crippen LogP contribution in [0.25, 0.3) is 0 Å². The molecule has 0 bridgehead atoms. The van der Waals surface area contributed by atoms with Gasteiger partial charge in [0.15, 0.2) is 0 Å². The lowest BCUT2D eigenvalue weighted by Gasteiger charge is -2.29. The van der Waals surface area contributed by atoms with Crippen molar-refractivity contribution in [2.75, 3.05) is 18.8 Å². The van der Waals surface area contributed by atoms with Gasteiger partial charge in [-0.05, 0) is 26.8 Å². The van der Waals surface area contributed by atoms with Crippen LogP contribution in [-0.2, 0) is 14.9 Å². The highest BCUT2D eigenvalue weighted by Gasteiger charge is 2.23. The quantitative estimate of drug-likeness (QED) is 0.417. The highest BCUT2D eigenvalue weighted by atomic mass is 32.2. The predicted molar refractivity (Wildman–Crippen MR) is 72.8 cm³/mol. The zero-order valence-corrected chi connectivity index (χ0v) is 12.6. The third-order valence-corrected chi connectivity index (χ3v) is 4.08. The normalized spacial score (nSPS) is 16.4. The van der Waals surface area contributed by atoms with Crippen LogP contribution in [0.5, 0.6) is 0 Å². The van der Waals surface area contributed by atoms with Crippen LogP contribution >= 0.6 is 0 Å². The Balaban J connectivity index is 4.34. The molecule has 0 fully saturated rings. The molecular formula is C12H24N2O4S. The molecule has 0 spiro atoms. The minimum atomic E-state index is -4.14. The Labute approximate surface area is 115 Å². The van der Waals surface area contributed by atoms with Gasteiger partial charge in [-0.25, -0.2) is 8.42 Å². The fraction of sp³-hybridized carbons (Fsp3) is 0.750. The topological polar surface area (TPSA) is 90.7 Å². The number of hydrogen-bond acceptors (Lipinski definition) is 4. The Kier molecular flexibility index (Phi) is 7.89. The van der Waals surface area contributed by atoms with Crippen LogP contribution in [0.15, 0.2) is 12.7 Å². The van der Waals surface area contributed by atoms with E-state index in [2.05, 4.69) is 11.9 Å². The number of carbonyl (C=O) groups excluding carboxylic acids is 1. The van der Waals surface area contributed by atoms with Crippen LogP contribution in [0.2, 0.25) is 0 Å². The molecule has 0 saturated heterocycles. The van der Waals surface area contributed by atoms with Crippen molar-refractivity contribution >= 4 is 16.0 Å². The Morgan fingerprint density at radius 3 is 2.47 bits per heavy atom. The first-order valence-corrected chi connectivity index (χ1v) is 8.00. The first-order chi connectivity index (χ1) is 8.71. The van der Waals surface area contributed by atoms with Crippen LogP contribution in [0, 0.1) is 0 Å². The molecule has 0 heterocycles. The van der Waals surface area contributed by atoms with Crippen molar-refractivity contribution in [3.63, 3.8) is 0 Å². The van der Waals surface area contributed by atoms with Crippen molar-refractivity contribution in [2.45, 2.75) is 39.3 Å². The summed E-state index contributed by atoms with van der Waals surface area (Å²) in [6.07, 6.45) is 1.56. The zero-order valence-electron chi connectivity index (χ0n) is 11.8. The van der Waals surface area contributed by atoms with Gasteiger partial charge in [0.2, 0.25) is 5.91 Å². The first kappa shape index (κ1) is 18.1. The molecule has 19 heavy (non-hydrogen) atoms. The second kappa shape index (κ2) is 8.29. The maximum atomic E-state index is 11.2. The second-order valence-electron chi connectivity index (χ2n) is 4.67. The molecule has 0 saturated carbocycles. The van der Waals surface area contributed by atoms with E-state index in [0.717, 1.165) is 11.4 Å². The van der Waals surface area contributed by atoms with Gasteiger partial charge in [0, 0.05) is 12.2 Å². The molecule has 0 rings (SSSR count). The van der Waals surface area contributed by atoms with Crippen LogP contribution in [0.1, 0.15) is 27.2 Å². The molecule has 112 valence electrons. The van der Waals surface area contributed by atoms with Gasteiger partial charge in [-0.3, -0.25) is 4.79 Å². The van der Waals surface area contributed by atoms with Crippen LogP contribution < -0.4 is 10.2 Å². The number of hydrogen-bond donors (Lipinski definition) is 2. The Hall–Kier alpha value is -0.920. The maximum Gasteiger partial charge on any atom is 0.243 e. The third kappa shape index (κ3) is 7.97. The van der Waals surface area contributed by atoms with Crippen molar-refractivity contribution in [1.29, 1.82) is 0 Å². The fourth-order valence-electron chi connectivity index (χ4n) is 1.96. The van der Waals surface area contributed by atoms with E-state index >= 15 is 0 Å². The highest BCUT2D eigenvalue weighted by Crippen LogP contribution is 1.90. The van der Waals surface area contributed by atoms with Crippen LogP contribution in [-0.4, -0.2) is 49.8 Å². The molecule has 3 atom stereocenters. The van der Waals surface area contributed by atoms with Gasteiger partial charge < -0.3 is 14.8 Å². The minimum Gasteiger partial charge on any atom is -0.748 e. The van der Waals surface area contributed by atoms with E-state index in [0.29, 0.717) is 13.0 Å². The molecule has 7 heteroatoms. The SMILES string of the molecule is C=CC(=O)NC(C)C(C)[NH+](CC)CCCS(=O)(=O)[O-]. The summed E-state index contributed by atoms with van der Waals surface area (Å²) in [6, 6.07) is 0.0764. The summed E-state index contributed by atoms with van der Waals surface area (Å²) < 4.78 is 31.7. The van der Waals surface area contributed by atoms with Gasteiger partial charge in [0.25, 0.3) is 0 Å². The molecule has 0 aliphatic rings. The van der Waals surface area contributed by atoms with Crippen molar-refractivity contribution in [3.05, 3.63) is 12.7 Å². The predicted octanol–water partition coefficient (Wildman–Crippen LogP) is -1.09. The number of nitrogens with one attached hydrogen (secondary N) is 2. The standard InChI is InChI=1S/C12H24N2O4S/c1-5-12(15)13-10(3)11(4)14(6-2)8-7-9-19(16,17)18/h5,10-11H,1,6-9H2,2-4H3,(H,13,15)(H,16,17,18). The molecule has 2 N–H and O–H groups in total. The van der Waals surface area contributed by atoms with Gasteiger partial charge in [-0.1, -0.05) is 6.58 Å². The van der Waals surface area contributed by atoms with Gasteiger partial charge in [-0.15, -0.1) is 0 Å². The van der Waals surface area contributed by atoms with E-state index in [1.165, 1.54) is 6.08 Å². The van der Waals surface area contributed by atoms with Gasteiger partial charge >= 0.3 is 0 Å². The lowest BCUT2D eigenvalue weighted by atomic mass is 10.1. The van der Waals surface area contributed by atoms with Crippen molar-refractivity contribution in [2.24, 2.45) is 0 Å². The van der Waals surface area contributed by atoms with Crippen molar-refractivity contribution in [3.8, 4) is 0 Å². The number of quaternary nitrogens is 1. The fourth-order valence-corrected chi connectivity index (χ4v) is 2.46. The average Bonchev–Trinajstić information content (AvgIpc) is 2.32. The maximum absolute atomic E-state index is 11.2. The van der Waals surface area contributed by atoms with Crippen molar-refractivity contribution in [1.82, 2.24) is 5.32 Å². The summed E-state index contributed by atoms with van der Waals surface area (Å²) in [5, 5.41) is 2.79. The summed E-state index contributed by atoms with van der Waals surface area (Å²) in [5.74, 6) is -0.562. The molecular weight excluding hydrogens is 268 g/mol. The number of amides is 1. The molecule has 0 aromatic carbocycles. The smallest absolute Gasteiger partial charge is 0.243 e. The molecule has 3 unspecified atom stereocenters. The molecule has 0 aromatic rings. The Morgan fingerprint density at radius 1 is 1.47 bits per heavy atom. The number of carbonyl (C=O) groups is 1. The van der Waals surface area contributed by atoms with E-state index in [9.17, 15) is 17.8 Å².